The van der Waals surface area contributed by atoms with Crippen molar-refractivity contribution in [3.8, 4) is 5.69 Å². The Morgan fingerprint density at radius 3 is 2.41 bits per heavy atom. The monoisotopic (exact) mass is 596 g/mol. The van der Waals surface area contributed by atoms with Crippen LogP contribution in [0.25, 0.3) is 16.7 Å². The number of carbonyl (C=O) groups is 1. The third-order valence-corrected chi connectivity index (χ3v) is 10.1. The number of aromatic nitrogens is 3. The van der Waals surface area contributed by atoms with Gasteiger partial charge in [-0.1, -0.05) is 41.4 Å². The Hall–Kier alpha value is -3.44. The van der Waals surface area contributed by atoms with E-state index in [9.17, 15) is 22.9 Å². The minimum atomic E-state index is -4.61. The highest BCUT2D eigenvalue weighted by Crippen LogP contribution is 2.33. The van der Waals surface area contributed by atoms with Gasteiger partial charge >= 0.3 is 0 Å². The number of nitrogens with zero attached hydrogens (tertiary/aromatic N) is 4. The van der Waals surface area contributed by atoms with E-state index in [4.69, 9.17) is 16.6 Å². The molecule has 1 amide bonds. The number of hydrogen-bond donors (Lipinski definition) is 2. The summed E-state index contributed by atoms with van der Waals surface area (Å²) in [7, 11) is -4.61. The first-order valence-electron chi connectivity index (χ1n) is 13.5. The summed E-state index contributed by atoms with van der Waals surface area (Å²) in [6.45, 7) is 4.07. The highest BCUT2D eigenvalue weighted by Gasteiger charge is 2.38. The summed E-state index contributed by atoms with van der Waals surface area (Å²) in [6.07, 6.45) is 2.27. The molecule has 3 heterocycles. The number of carbonyl (C=O) groups excluding carboxylic acids is 1. The standard InChI is InChI=1S/C30H33ClN4O5S/c1-20-5-7-22(8-6-20)18-27(36)34(19-23-13-16-41(38,39,40)17-14-23)21(2)29-33-28-26(4-3-15-32-28)30(37)35(29)25-11-9-24(31)10-12-25/h3-12,15,21,23H,13-14,16-19H2,1-2H3,(H2,38,39,40)/t21-/m1/s1. The maximum absolute atomic E-state index is 13.9. The van der Waals surface area contributed by atoms with Crippen LogP contribution in [0.2, 0.25) is 5.02 Å². The van der Waals surface area contributed by atoms with Crippen LogP contribution in [-0.2, 0) is 20.8 Å². The number of halogens is 1. The second-order valence-corrected chi connectivity index (χ2v) is 14.5. The summed E-state index contributed by atoms with van der Waals surface area (Å²) < 4.78 is 34.0. The second-order valence-electron chi connectivity index (χ2n) is 10.9. The maximum atomic E-state index is 13.9. The number of aryl methyl sites for hydroxylation is 1. The van der Waals surface area contributed by atoms with Gasteiger partial charge in [-0.25, -0.2) is 14.2 Å². The SMILES string of the molecule is Cc1ccc(CC(=O)N(CC2CCS(=O)(O)(O)CC2)[C@H](C)c2nc3ncccc3c(=O)n2-c2ccc(Cl)cc2)cc1. The minimum absolute atomic E-state index is 0.119. The molecule has 1 atom stereocenters. The number of pyridine rings is 1. The summed E-state index contributed by atoms with van der Waals surface area (Å²) in [5.74, 6) is -0.419. The van der Waals surface area contributed by atoms with Crippen molar-refractivity contribution in [3.63, 3.8) is 0 Å². The van der Waals surface area contributed by atoms with Gasteiger partial charge in [0.1, 0.15) is 5.82 Å². The molecule has 0 bridgehead atoms. The van der Waals surface area contributed by atoms with E-state index < -0.39 is 15.7 Å². The molecule has 0 saturated carbocycles. The summed E-state index contributed by atoms with van der Waals surface area (Å²) in [5, 5.41) is 0.858. The quantitative estimate of drug-likeness (QED) is 0.306. The molecule has 2 N–H and O–H groups in total. The predicted molar refractivity (Wildman–Crippen MR) is 161 cm³/mol. The van der Waals surface area contributed by atoms with E-state index >= 15 is 0 Å². The second kappa shape index (κ2) is 11.1. The zero-order chi connectivity index (χ0) is 29.4. The molecule has 1 fully saturated rings. The van der Waals surface area contributed by atoms with Gasteiger partial charge in [0.15, 0.2) is 5.65 Å². The van der Waals surface area contributed by atoms with Crippen LogP contribution in [0, 0.1) is 12.8 Å². The molecular formula is C30H33ClN4O5S. The fourth-order valence-corrected chi connectivity index (χ4v) is 7.21. The molecule has 4 aromatic rings. The van der Waals surface area contributed by atoms with E-state index in [1.165, 1.54) is 4.57 Å². The van der Waals surface area contributed by atoms with Gasteiger partial charge in [-0.15, -0.1) is 0 Å². The van der Waals surface area contributed by atoms with E-state index in [0.29, 0.717) is 21.9 Å². The van der Waals surface area contributed by atoms with Crippen LogP contribution in [0.1, 0.15) is 42.8 Å². The van der Waals surface area contributed by atoms with Crippen molar-refractivity contribution < 1.29 is 18.1 Å². The molecule has 0 unspecified atom stereocenters. The number of rotatable bonds is 7. The van der Waals surface area contributed by atoms with Crippen molar-refractivity contribution in [2.24, 2.45) is 5.92 Å². The Balaban J connectivity index is 1.58. The molecule has 5 rings (SSSR count). The van der Waals surface area contributed by atoms with E-state index in [0.717, 1.165) is 11.1 Å². The van der Waals surface area contributed by atoms with Crippen LogP contribution in [0.5, 0.6) is 0 Å². The highest BCUT2D eigenvalue weighted by molar-refractivity contribution is 8.10. The smallest absolute Gasteiger partial charge is 0.267 e. The first-order chi connectivity index (χ1) is 19.4. The highest BCUT2D eigenvalue weighted by atomic mass is 35.5. The molecule has 0 aliphatic carbocycles. The normalized spacial score (nSPS) is 19.6. The Morgan fingerprint density at radius 2 is 1.76 bits per heavy atom. The Morgan fingerprint density at radius 1 is 1.10 bits per heavy atom. The Bertz CT molecular complexity index is 1700. The van der Waals surface area contributed by atoms with Crippen molar-refractivity contribution in [1.29, 1.82) is 0 Å². The fraction of sp³-hybridized carbons (Fsp3) is 0.333. The van der Waals surface area contributed by atoms with E-state index in [2.05, 4.69) is 4.98 Å². The summed E-state index contributed by atoms with van der Waals surface area (Å²) >= 11 is 6.13. The van der Waals surface area contributed by atoms with Crippen LogP contribution in [0.3, 0.4) is 0 Å². The molecule has 2 aromatic carbocycles. The van der Waals surface area contributed by atoms with E-state index in [1.807, 2.05) is 38.1 Å². The Kier molecular flexibility index (Phi) is 7.86. The first kappa shape index (κ1) is 29.1. The van der Waals surface area contributed by atoms with Gasteiger partial charge in [0.05, 0.1) is 33.2 Å². The molecule has 1 aliphatic rings. The van der Waals surface area contributed by atoms with Gasteiger partial charge in [-0.3, -0.25) is 14.2 Å². The van der Waals surface area contributed by atoms with Gasteiger partial charge < -0.3 is 14.0 Å². The molecule has 1 aliphatic heterocycles. The molecule has 0 radical (unpaired) electrons. The van der Waals surface area contributed by atoms with Gasteiger partial charge in [-0.2, -0.15) is 0 Å². The van der Waals surface area contributed by atoms with E-state index in [1.54, 1.807) is 47.5 Å². The average molecular weight is 597 g/mol. The largest absolute Gasteiger partial charge is 0.332 e. The van der Waals surface area contributed by atoms with Crippen LogP contribution >= 0.6 is 11.6 Å². The van der Waals surface area contributed by atoms with Crippen LogP contribution < -0.4 is 5.56 Å². The van der Waals surface area contributed by atoms with Gasteiger partial charge in [0.25, 0.3) is 5.56 Å². The maximum Gasteiger partial charge on any atom is 0.267 e. The molecular weight excluding hydrogens is 564 g/mol. The summed E-state index contributed by atoms with van der Waals surface area (Å²) in [4.78, 5) is 38.5. The molecule has 216 valence electrons. The van der Waals surface area contributed by atoms with Crippen molar-refractivity contribution >= 4 is 38.2 Å². The Labute approximate surface area is 243 Å². The first-order valence-corrected chi connectivity index (χ1v) is 16.1. The lowest BCUT2D eigenvalue weighted by atomic mass is 10.00. The summed E-state index contributed by atoms with van der Waals surface area (Å²) in [5.41, 5.74) is 2.43. The molecule has 2 aromatic heterocycles. The van der Waals surface area contributed by atoms with E-state index in [-0.39, 0.29) is 60.3 Å². The minimum Gasteiger partial charge on any atom is -0.332 e. The lowest BCUT2D eigenvalue weighted by molar-refractivity contribution is -0.133. The van der Waals surface area contributed by atoms with Crippen molar-refractivity contribution in [2.75, 3.05) is 18.1 Å². The molecule has 11 heteroatoms. The van der Waals surface area contributed by atoms with Crippen LogP contribution in [0.15, 0.2) is 71.7 Å². The number of benzene rings is 2. The van der Waals surface area contributed by atoms with Crippen molar-refractivity contribution in [3.05, 3.63) is 99.2 Å². The molecule has 0 spiro atoms. The average Bonchev–Trinajstić information content (AvgIpc) is 2.93. The van der Waals surface area contributed by atoms with Crippen molar-refractivity contribution in [2.45, 2.75) is 39.2 Å². The lowest BCUT2D eigenvalue weighted by Gasteiger charge is -2.40. The zero-order valence-corrected chi connectivity index (χ0v) is 24.5. The van der Waals surface area contributed by atoms with Gasteiger partial charge in [-0.05, 0) is 74.6 Å². The molecule has 1 saturated heterocycles. The van der Waals surface area contributed by atoms with Crippen LogP contribution in [0.4, 0.5) is 0 Å². The molecule has 9 nitrogen and oxygen atoms in total. The lowest BCUT2D eigenvalue weighted by Crippen LogP contribution is -2.47. The summed E-state index contributed by atoms with van der Waals surface area (Å²) in [6, 6.07) is 17.2. The predicted octanol–water partition coefficient (Wildman–Crippen LogP) is 5.05. The third kappa shape index (κ3) is 6.56. The third-order valence-electron chi connectivity index (χ3n) is 7.72. The van der Waals surface area contributed by atoms with Gasteiger partial charge in [0.2, 0.25) is 5.91 Å². The number of amides is 1. The number of fused-ring (bicyclic) bond motifs is 1. The van der Waals surface area contributed by atoms with Crippen LogP contribution in [-0.4, -0.2) is 56.7 Å². The molecule has 41 heavy (non-hydrogen) atoms. The fourth-order valence-electron chi connectivity index (χ4n) is 5.27. The van der Waals surface area contributed by atoms with Gasteiger partial charge in [0, 0.05) is 29.3 Å². The topological polar surface area (TPSA) is 126 Å². The van der Waals surface area contributed by atoms with Crippen molar-refractivity contribution in [1.82, 2.24) is 19.4 Å². The number of hydrogen-bond acceptors (Lipinski definition) is 5. The zero-order valence-electron chi connectivity index (χ0n) is 22.9.